The lowest BCUT2D eigenvalue weighted by Gasteiger charge is -2.29. The number of aliphatic hydroxyl groups is 1. The van der Waals surface area contributed by atoms with Gasteiger partial charge in [-0.25, -0.2) is 4.68 Å². The van der Waals surface area contributed by atoms with Gasteiger partial charge in [0, 0.05) is 0 Å². The molecule has 0 saturated heterocycles. The highest BCUT2D eigenvalue weighted by molar-refractivity contribution is 9.10. The maximum absolute atomic E-state index is 12.0. The van der Waals surface area contributed by atoms with Gasteiger partial charge >= 0.3 is 0 Å². The molecule has 19 heavy (non-hydrogen) atoms. The molecule has 1 heterocycles. The van der Waals surface area contributed by atoms with E-state index in [0.29, 0.717) is 10.2 Å². The van der Waals surface area contributed by atoms with E-state index in [-0.39, 0.29) is 24.2 Å². The Morgan fingerprint density at radius 1 is 1.58 bits per heavy atom. The molecular formula is C13H16BrN3O2. The molecule has 2 N–H and O–H groups in total. The second-order valence-corrected chi connectivity index (χ2v) is 5.60. The maximum atomic E-state index is 12.0. The van der Waals surface area contributed by atoms with Gasteiger partial charge in [-0.05, 0) is 28.8 Å². The first-order valence-electron chi connectivity index (χ1n) is 6.20. The van der Waals surface area contributed by atoms with Gasteiger partial charge < -0.3 is 10.4 Å². The zero-order valence-corrected chi connectivity index (χ0v) is 12.1. The second kappa shape index (κ2) is 5.76. The van der Waals surface area contributed by atoms with E-state index in [1.54, 1.807) is 6.20 Å². The zero-order chi connectivity index (χ0) is 13.9. The van der Waals surface area contributed by atoms with Crippen molar-refractivity contribution in [1.82, 2.24) is 9.78 Å². The van der Waals surface area contributed by atoms with Crippen molar-refractivity contribution in [3.8, 4) is 12.3 Å². The van der Waals surface area contributed by atoms with Gasteiger partial charge in [-0.2, -0.15) is 5.10 Å². The number of terminal acetylenes is 1. The summed E-state index contributed by atoms with van der Waals surface area (Å²) in [5.74, 6) is 2.38. The highest BCUT2D eigenvalue weighted by Crippen LogP contribution is 2.33. The predicted octanol–water partition coefficient (Wildman–Crippen LogP) is 1.36. The Labute approximate surface area is 120 Å². The molecule has 1 aromatic heterocycles. The van der Waals surface area contributed by atoms with Gasteiger partial charge in [0.15, 0.2) is 0 Å². The van der Waals surface area contributed by atoms with Crippen LogP contribution in [0.25, 0.3) is 0 Å². The van der Waals surface area contributed by atoms with Crippen LogP contribution in [0.1, 0.15) is 25.7 Å². The van der Waals surface area contributed by atoms with E-state index in [4.69, 9.17) is 6.42 Å². The van der Waals surface area contributed by atoms with Crippen molar-refractivity contribution in [3.63, 3.8) is 0 Å². The van der Waals surface area contributed by atoms with Crippen LogP contribution in [0.4, 0.5) is 5.69 Å². The molecule has 5 nitrogen and oxygen atoms in total. The fourth-order valence-electron chi connectivity index (χ4n) is 2.41. The Hall–Kier alpha value is -1.32. The van der Waals surface area contributed by atoms with Gasteiger partial charge in [0.2, 0.25) is 0 Å². The Balaban J connectivity index is 2.29. The molecule has 1 fully saturated rings. The Bertz CT molecular complexity index is 556. The van der Waals surface area contributed by atoms with Crippen LogP contribution in [-0.2, 0) is 6.54 Å². The van der Waals surface area contributed by atoms with Crippen LogP contribution < -0.4 is 10.9 Å². The molecule has 2 rings (SSSR count). The number of aromatic nitrogens is 2. The molecule has 0 bridgehead atoms. The third-order valence-corrected chi connectivity index (χ3v) is 4.26. The summed E-state index contributed by atoms with van der Waals surface area (Å²) in [7, 11) is 0. The van der Waals surface area contributed by atoms with E-state index in [1.165, 1.54) is 4.68 Å². The number of anilines is 1. The fourth-order valence-corrected chi connectivity index (χ4v) is 2.82. The van der Waals surface area contributed by atoms with Crippen molar-refractivity contribution in [1.29, 1.82) is 0 Å². The van der Waals surface area contributed by atoms with Gasteiger partial charge in [-0.15, -0.1) is 6.42 Å². The molecule has 1 saturated carbocycles. The predicted molar refractivity (Wildman–Crippen MR) is 76.9 cm³/mol. The van der Waals surface area contributed by atoms with Crippen molar-refractivity contribution in [2.24, 2.45) is 0 Å². The average molecular weight is 326 g/mol. The number of nitrogens with one attached hydrogen (secondary N) is 1. The highest BCUT2D eigenvalue weighted by Gasteiger charge is 2.33. The summed E-state index contributed by atoms with van der Waals surface area (Å²) in [4.78, 5) is 12.0. The summed E-state index contributed by atoms with van der Waals surface area (Å²) < 4.78 is 1.62. The number of rotatable bonds is 4. The van der Waals surface area contributed by atoms with Crippen LogP contribution >= 0.6 is 15.9 Å². The van der Waals surface area contributed by atoms with E-state index < -0.39 is 0 Å². The number of halogens is 1. The van der Waals surface area contributed by atoms with Crippen molar-refractivity contribution in [2.45, 2.75) is 37.8 Å². The lowest BCUT2D eigenvalue weighted by atomic mass is 9.99. The molecule has 0 spiro atoms. The summed E-state index contributed by atoms with van der Waals surface area (Å²) in [6.07, 6.45) is 10.7. The summed E-state index contributed by atoms with van der Waals surface area (Å²) in [6, 6.07) is 0. The maximum Gasteiger partial charge on any atom is 0.284 e. The third kappa shape index (κ3) is 2.82. The van der Waals surface area contributed by atoms with Crippen molar-refractivity contribution < 1.29 is 5.11 Å². The summed E-state index contributed by atoms with van der Waals surface area (Å²) >= 11 is 3.28. The van der Waals surface area contributed by atoms with Crippen LogP contribution in [0.15, 0.2) is 15.5 Å². The molecule has 1 aliphatic rings. The molecule has 1 aliphatic carbocycles. The lowest BCUT2D eigenvalue weighted by molar-refractivity contribution is 0.214. The van der Waals surface area contributed by atoms with Crippen LogP contribution in [0, 0.1) is 12.3 Å². The van der Waals surface area contributed by atoms with Crippen LogP contribution in [0.5, 0.6) is 0 Å². The molecule has 0 aromatic carbocycles. The third-order valence-electron chi connectivity index (χ3n) is 3.49. The van der Waals surface area contributed by atoms with Crippen molar-refractivity contribution >= 4 is 21.6 Å². The minimum atomic E-state index is -0.338. The molecular weight excluding hydrogens is 310 g/mol. The number of hydrogen-bond acceptors (Lipinski definition) is 4. The van der Waals surface area contributed by atoms with E-state index in [9.17, 15) is 9.90 Å². The second-order valence-electron chi connectivity index (χ2n) is 4.81. The van der Waals surface area contributed by atoms with Crippen LogP contribution in [-0.4, -0.2) is 27.0 Å². The topological polar surface area (TPSA) is 67.2 Å². The SMILES string of the molecule is C#CCn1ncc(NC2(CO)CCCC2)c(Br)c1=O. The monoisotopic (exact) mass is 325 g/mol. The largest absolute Gasteiger partial charge is 0.394 e. The quantitative estimate of drug-likeness (QED) is 0.820. The van der Waals surface area contributed by atoms with Gasteiger partial charge in [0.1, 0.15) is 11.0 Å². The molecule has 0 atom stereocenters. The molecule has 0 unspecified atom stereocenters. The van der Waals surface area contributed by atoms with Gasteiger partial charge in [0.05, 0.1) is 24.0 Å². The van der Waals surface area contributed by atoms with Crippen molar-refractivity contribution in [3.05, 3.63) is 21.0 Å². The first-order chi connectivity index (χ1) is 9.12. The number of hydrogen-bond donors (Lipinski definition) is 2. The van der Waals surface area contributed by atoms with E-state index in [2.05, 4.69) is 32.3 Å². The minimum absolute atomic E-state index is 0.0485. The molecule has 0 amide bonds. The smallest absolute Gasteiger partial charge is 0.284 e. The zero-order valence-electron chi connectivity index (χ0n) is 10.5. The first kappa shape index (κ1) is 14.1. The fraction of sp³-hybridized carbons (Fsp3) is 0.538. The molecule has 6 heteroatoms. The number of aliphatic hydroxyl groups excluding tert-OH is 1. The molecule has 102 valence electrons. The Morgan fingerprint density at radius 3 is 2.84 bits per heavy atom. The van der Waals surface area contributed by atoms with E-state index >= 15 is 0 Å². The summed E-state index contributed by atoms with van der Waals surface area (Å²) in [6.45, 7) is 0.190. The number of nitrogens with zero attached hydrogens (tertiary/aromatic N) is 2. The summed E-state index contributed by atoms with van der Waals surface area (Å²) in [5.41, 5.74) is -0.00200. The van der Waals surface area contributed by atoms with E-state index in [1.807, 2.05) is 0 Å². The Kier molecular flexibility index (Phi) is 4.27. The first-order valence-corrected chi connectivity index (χ1v) is 6.99. The normalized spacial score (nSPS) is 17.1. The van der Waals surface area contributed by atoms with Gasteiger partial charge in [-0.1, -0.05) is 18.8 Å². The van der Waals surface area contributed by atoms with Gasteiger partial charge in [0.25, 0.3) is 5.56 Å². The standard InChI is InChI=1S/C13H16BrN3O2/c1-2-7-17-12(19)11(14)10(8-15-17)16-13(9-18)5-3-4-6-13/h1,8,16,18H,3-7,9H2. The van der Waals surface area contributed by atoms with Crippen LogP contribution in [0.3, 0.4) is 0 Å². The molecule has 0 radical (unpaired) electrons. The lowest BCUT2D eigenvalue weighted by Crippen LogP contribution is -2.40. The molecule has 1 aromatic rings. The van der Waals surface area contributed by atoms with Crippen LogP contribution in [0.2, 0.25) is 0 Å². The molecule has 0 aliphatic heterocycles. The van der Waals surface area contributed by atoms with Crippen molar-refractivity contribution in [2.75, 3.05) is 11.9 Å². The summed E-state index contributed by atoms with van der Waals surface area (Å²) in [5, 5.41) is 16.9. The average Bonchev–Trinajstić information content (AvgIpc) is 2.88. The minimum Gasteiger partial charge on any atom is -0.394 e. The van der Waals surface area contributed by atoms with E-state index in [0.717, 1.165) is 25.7 Å². The highest BCUT2D eigenvalue weighted by atomic mass is 79.9. The van der Waals surface area contributed by atoms with Gasteiger partial charge in [-0.3, -0.25) is 4.79 Å². The Morgan fingerprint density at radius 2 is 2.26 bits per heavy atom.